The van der Waals surface area contributed by atoms with Gasteiger partial charge < -0.3 is 10.1 Å². The van der Waals surface area contributed by atoms with Crippen LogP contribution in [-0.2, 0) is 4.74 Å². The SMILES string of the molecule is N#Cc1cccc(C(=O)NC[C@H]2CO2)c1. The summed E-state index contributed by atoms with van der Waals surface area (Å²) in [6.07, 6.45) is 0.174. The largest absolute Gasteiger partial charge is 0.371 e. The lowest BCUT2D eigenvalue weighted by molar-refractivity contribution is 0.0950. The average molecular weight is 202 g/mol. The van der Waals surface area contributed by atoms with Gasteiger partial charge in [0.1, 0.15) is 0 Å². The molecule has 1 aliphatic heterocycles. The summed E-state index contributed by atoms with van der Waals surface area (Å²) >= 11 is 0. The summed E-state index contributed by atoms with van der Waals surface area (Å²) < 4.78 is 4.97. The fourth-order valence-corrected chi connectivity index (χ4v) is 1.22. The molecule has 1 aliphatic rings. The Morgan fingerprint density at radius 2 is 2.47 bits per heavy atom. The average Bonchev–Trinajstić information content (AvgIpc) is 3.10. The highest BCUT2D eigenvalue weighted by molar-refractivity contribution is 5.94. The second-order valence-electron chi connectivity index (χ2n) is 3.36. The van der Waals surface area contributed by atoms with Crippen LogP contribution in [0.2, 0.25) is 0 Å². The molecule has 4 heteroatoms. The number of hydrogen-bond acceptors (Lipinski definition) is 3. The van der Waals surface area contributed by atoms with Gasteiger partial charge in [-0.05, 0) is 18.2 Å². The summed E-state index contributed by atoms with van der Waals surface area (Å²) in [7, 11) is 0. The molecule has 1 saturated heterocycles. The summed E-state index contributed by atoms with van der Waals surface area (Å²) in [4.78, 5) is 11.6. The minimum absolute atomic E-state index is 0.164. The van der Waals surface area contributed by atoms with E-state index in [1.165, 1.54) is 0 Å². The molecule has 0 radical (unpaired) electrons. The minimum Gasteiger partial charge on any atom is -0.371 e. The zero-order chi connectivity index (χ0) is 10.7. The maximum atomic E-state index is 11.6. The first-order chi connectivity index (χ1) is 7.29. The topological polar surface area (TPSA) is 65.4 Å². The number of nitrogens with one attached hydrogen (secondary N) is 1. The van der Waals surface area contributed by atoms with Gasteiger partial charge in [-0.15, -0.1) is 0 Å². The quantitative estimate of drug-likeness (QED) is 0.733. The highest BCUT2D eigenvalue weighted by Crippen LogP contribution is 2.08. The van der Waals surface area contributed by atoms with Gasteiger partial charge in [-0.25, -0.2) is 0 Å². The summed E-state index contributed by atoms with van der Waals surface area (Å²) in [5, 5.41) is 11.4. The number of carbonyl (C=O) groups excluding carboxylic acids is 1. The molecule has 76 valence electrons. The number of epoxide rings is 1. The predicted octanol–water partition coefficient (Wildman–Crippen LogP) is 0.687. The van der Waals surface area contributed by atoms with Gasteiger partial charge in [-0.3, -0.25) is 4.79 Å². The Kier molecular flexibility index (Phi) is 2.66. The molecule has 2 rings (SSSR count). The first-order valence-corrected chi connectivity index (χ1v) is 4.69. The lowest BCUT2D eigenvalue weighted by atomic mass is 10.1. The maximum Gasteiger partial charge on any atom is 0.251 e. The second-order valence-corrected chi connectivity index (χ2v) is 3.36. The highest BCUT2D eigenvalue weighted by atomic mass is 16.6. The number of benzene rings is 1. The summed E-state index contributed by atoms with van der Waals surface area (Å²) in [5.41, 5.74) is 1.00. The van der Waals surface area contributed by atoms with Crippen LogP contribution < -0.4 is 5.32 Å². The van der Waals surface area contributed by atoms with Gasteiger partial charge in [0.05, 0.1) is 24.3 Å². The molecule has 1 aromatic carbocycles. The molecule has 0 aromatic heterocycles. The molecular weight excluding hydrogens is 192 g/mol. The fraction of sp³-hybridized carbons (Fsp3) is 0.273. The summed E-state index contributed by atoms with van der Waals surface area (Å²) in [5.74, 6) is -0.164. The zero-order valence-corrected chi connectivity index (χ0v) is 8.06. The Bertz CT molecular complexity index is 419. The monoisotopic (exact) mass is 202 g/mol. The Morgan fingerprint density at radius 3 is 3.13 bits per heavy atom. The molecule has 4 nitrogen and oxygen atoms in total. The molecule has 0 aliphatic carbocycles. The number of hydrogen-bond donors (Lipinski definition) is 1. The summed E-state index contributed by atoms with van der Waals surface area (Å²) in [6, 6.07) is 8.61. The number of nitriles is 1. The normalized spacial score (nSPS) is 17.9. The van der Waals surface area contributed by atoms with Crippen molar-refractivity contribution in [1.29, 1.82) is 5.26 Å². The molecule has 1 N–H and O–H groups in total. The first kappa shape index (κ1) is 9.69. The van der Waals surface area contributed by atoms with Crippen LogP contribution in [0.25, 0.3) is 0 Å². The maximum absolute atomic E-state index is 11.6. The van der Waals surface area contributed by atoms with Crippen molar-refractivity contribution < 1.29 is 9.53 Å². The van der Waals surface area contributed by atoms with Crippen LogP contribution in [0.5, 0.6) is 0 Å². The third-order valence-electron chi connectivity index (χ3n) is 2.15. The molecule has 0 spiro atoms. The van der Waals surface area contributed by atoms with Gasteiger partial charge in [-0.1, -0.05) is 6.07 Å². The van der Waals surface area contributed by atoms with Crippen molar-refractivity contribution in [3.05, 3.63) is 35.4 Å². The third-order valence-corrected chi connectivity index (χ3v) is 2.15. The van der Waals surface area contributed by atoms with Crippen LogP contribution in [-0.4, -0.2) is 25.2 Å². The lowest BCUT2D eigenvalue weighted by Gasteiger charge is -2.02. The third kappa shape index (κ3) is 2.55. The molecule has 1 atom stereocenters. The van der Waals surface area contributed by atoms with E-state index in [1.807, 2.05) is 6.07 Å². The van der Waals surface area contributed by atoms with E-state index in [9.17, 15) is 4.79 Å². The number of ether oxygens (including phenoxy) is 1. The van der Waals surface area contributed by atoms with E-state index in [-0.39, 0.29) is 12.0 Å². The van der Waals surface area contributed by atoms with Gasteiger partial charge in [0.25, 0.3) is 5.91 Å². The molecular formula is C11H10N2O2. The fourth-order valence-electron chi connectivity index (χ4n) is 1.22. The molecule has 15 heavy (non-hydrogen) atoms. The van der Waals surface area contributed by atoms with Gasteiger partial charge in [0.2, 0.25) is 0 Å². The Balaban J connectivity index is 2.00. The van der Waals surface area contributed by atoms with Crippen LogP contribution >= 0.6 is 0 Å². The van der Waals surface area contributed by atoms with Crippen molar-refractivity contribution in [1.82, 2.24) is 5.32 Å². The van der Waals surface area contributed by atoms with Crippen molar-refractivity contribution in [2.24, 2.45) is 0 Å². The van der Waals surface area contributed by atoms with Gasteiger partial charge in [0.15, 0.2) is 0 Å². The van der Waals surface area contributed by atoms with Crippen LogP contribution in [0, 0.1) is 11.3 Å². The standard InChI is InChI=1S/C11H10N2O2/c12-5-8-2-1-3-9(4-8)11(14)13-6-10-7-15-10/h1-4,10H,6-7H2,(H,13,14)/t10-/m0/s1. The van der Waals surface area contributed by atoms with Crippen LogP contribution in [0.3, 0.4) is 0 Å². The van der Waals surface area contributed by atoms with Crippen molar-refractivity contribution in [3.63, 3.8) is 0 Å². The first-order valence-electron chi connectivity index (χ1n) is 4.69. The summed E-state index contributed by atoms with van der Waals surface area (Å²) in [6.45, 7) is 1.26. The van der Waals surface area contributed by atoms with Crippen LogP contribution in [0.1, 0.15) is 15.9 Å². The van der Waals surface area contributed by atoms with E-state index in [0.29, 0.717) is 17.7 Å². The van der Waals surface area contributed by atoms with Gasteiger partial charge in [0, 0.05) is 12.1 Å². The molecule has 1 fully saturated rings. The van der Waals surface area contributed by atoms with Gasteiger partial charge >= 0.3 is 0 Å². The Hall–Kier alpha value is -1.86. The number of carbonyl (C=O) groups is 1. The van der Waals surface area contributed by atoms with Crippen molar-refractivity contribution in [2.45, 2.75) is 6.10 Å². The number of nitrogens with zero attached hydrogens (tertiary/aromatic N) is 1. The predicted molar refractivity (Wildman–Crippen MR) is 53.2 cm³/mol. The van der Waals surface area contributed by atoms with E-state index < -0.39 is 0 Å². The molecule has 0 unspecified atom stereocenters. The Morgan fingerprint density at radius 1 is 1.67 bits per heavy atom. The van der Waals surface area contributed by atoms with Crippen molar-refractivity contribution in [2.75, 3.05) is 13.2 Å². The minimum atomic E-state index is -0.164. The highest BCUT2D eigenvalue weighted by Gasteiger charge is 2.22. The van der Waals surface area contributed by atoms with E-state index in [2.05, 4.69) is 5.32 Å². The van der Waals surface area contributed by atoms with E-state index in [0.717, 1.165) is 6.61 Å². The van der Waals surface area contributed by atoms with Crippen molar-refractivity contribution >= 4 is 5.91 Å². The van der Waals surface area contributed by atoms with E-state index in [4.69, 9.17) is 10.00 Å². The van der Waals surface area contributed by atoms with E-state index in [1.54, 1.807) is 24.3 Å². The van der Waals surface area contributed by atoms with E-state index >= 15 is 0 Å². The second kappa shape index (κ2) is 4.11. The smallest absolute Gasteiger partial charge is 0.251 e. The Labute approximate surface area is 87.5 Å². The number of amides is 1. The zero-order valence-electron chi connectivity index (χ0n) is 8.06. The van der Waals surface area contributed by atoms with Crippen molar-refractivity contribution in [3.8, 4) is 6.07 Å². The molecule has 0 saturated carbocycles. The molecule has 1 heterocycles. The molecule has 0 bridgehead atoms. The van der Waals surface area contributed by atoms with Crippen LogP contribution in [0.4, 0.5) is 0 Å². The van der Waals surface area contributed by atoms with Gasteiger partial charge in [-0.2, -0.15) is 5.26 Å². The van der Waals surface area contributed by atoms with Crippen LogP contribution in [0.15, 0.2) is 24.3 Å². The molecule has 1 aromatic rings. The lowest BCUT2D eigenvalue weighted by Crippen LogP contribution is -2.27. The molecule has 1 amide bonds. The number of rotatable bonds is 3.